The molecule has 0 bridgehead atoms. The van der Waals surface area contributed by atoms with E-state index in [0.29, 0.717) is 35.2 Å². The molecular weight excluding hydrogens is 665 g/mol. The molecule has 0 spiro atoms. The topological polar surface area (TPSA) is 148 Å². The zero-order chi connectivity index (χ0) is 35.5. The van der Waals surface area contributed by atoms with Crippen molar-refractivity contribution in [2.45, 2.75) is 95.0 Å². The number of halogens is 1. The van der Waals surface area contributed by atoms with Crippen molar-refractivity contribution < 1.29 is 37.9 Å². The maximum absolute atomic E-state index is 14.3. The van der Waals surface area contributed by atoms with E-state index < -0.39 is 59.0 Å². The monoisotopic (exact) mass is 707 g/mol. The molecule has 1 saturated heterocycles. The van der Waals surface area contributed by atoms with Crippen LogP contribution in [0.1, 0.15) is 65.7 Å². The molecule has 6 rings (SSSR count). The van der Waals surface area contributed by atoms with E-state index in [2.05, 4.69) is 21.1 Å². The molecule has 3 aromatic rings. The number of carbonyl (C=O) groups is 4. The van der Waals surface area contributed by atoms with Crippen molar-refractivity contribution in [1.29, 1.82) is 0 Å². The molecule has 50 heavy (non-hydrogen) atoms. The van der Waals surface area contributed by atoms with Crippen molar-refractivity contribution >= 4 is 45.4 Å². The smallest absolute Gasteiger partial charge is 0.408 e. The maximum Gasteiger partial charge on any atom is 0.408 e. The van der Waals surface area contributed by atoms with Gasteiger partial charge in [0.25, 0.3) is 11.1 Å². The molecule has 3 aliphatic rings. The van der Waals surface area contributed by atoms with Crippen LogP contribution in [0.5, 0.6) is 10.9 Å². The molecule has 1 saturated carbocycles. The number of aromatic nitrogens is 1. The summed E-state index contributed by atoms with van der Waals surface area (Å²) in [5, 5.41) is 5.98. The number of fused-ring (bicyclic) bond motifs is 3. The zero-order valence-electron chi connectivity index (χ0n) is 28.3. The third kappa shape index (κ3) is 8.35. The highest BCUT2D eigenvalue weighted by atomic mass is 32.1. The summed E-state index contributed by atoms with van der Waals surface area (Å²) in [7, 11) is 0. The number of rotatable bonds is 6. The van der Waals surface area contributed by atoms with Gasteiger partial charge < -0.3 is 29.8 Å². The number of alkyl carbamates (subject to hydrolysis) is 1. The van der Waals surface area contributed by atoms with Gasteiger partial charge in [-0.05, 0) is 76.8 Å². The van der Waals surface area contributed by atoms with Crippen LogP contribution < -0.4 is 25.7 Å². The van der Waals surface area contributed by atoms with Crippen LogP contribution in [0, 0.1) is 11.7 Å². The molecule has 2 aliphatic heterocycles. The van der Waals surface area contributed by atoms with Crippen molar-refractivity contribution in [2.75, 3.05) is 6.54 Å². The Labute approximate surface area is 293 Å². The van der Waals surface area contributed by atoms with Crippen LogP contribution in [0.2, 0.25) is 0 Å². The Morgan fingerprint density at radius 1 is 1.10 bits per heavy atom. The van der Waals surface area contributed by atoms with Crippen LogP contribution in [0.25, 0.3) is 10.2 Å². The fourth-order valence-electron chi connectivity index (χ4n) is 6.37. The number of para-hydroxylation sites is 1. The van der Waals surface area contributed by atoms with E-state index in [4.69, 9.17) is 14.3 Å². The molecule has 0 unspecified atom stereocenters. The van der Waals surface area contributed by atoms with Crippen LogP contribution in [-0.4, -0.2) is 69.6 Å². The largest absolute Gasteiger partial charge is 0.465 e. The van der Waals surface area contributed by atoms with Gasteiger partial charge in [-0.2, -0.15) is 5.48 Å². The number of hydrogen-bond donors (Lipinski definition) is 3. The molecule has 3 N–H and O–H groups in total. The van der Waals surface area contributed by atoms with Crippen LogP contribution in [-0.2, 0) is 19.1 Å². The first kappa shape index (κ1) is 35.1. The second-order valence-corrected chi connectivity index (χ2v) is 14.9. The number of amides is 4. The molecule has 1 aromatic heterocycles. The molecule has 3 heterocycles. The molecule has 2 fully saturated rings. The van der Waals surface area contributed by atoms with E-state index >= 15 is 0 Å². The van der Waals surface area contributed by atoms with Crippen LogP contribution >= 0.6 is 11.3 Å². The van der Waals surface area contributed by atoms with E-state index in [9.17, 15) is 23.6 Å². The number of nitrogens with zero attached hydrogens (tertiary/aromatic N) is 2. The van der Waals surface area contributed by atoms with Crippen molar-refractivity contribution in [3.63, 3.8) is 0 Å². The molecule has 12 nitrogen and oxygen atoms in total. The number of hydrogen-bond acceptors (Lipinski definition) is 9. The third-order valence-electron chi connectivity index (χ3n) is 8.94. The van der Waals surface area contributed by atoms with Crippen molar-refractivity contribution in [3.05, 3.63) is 66.5 Å². The van der Waals surface area contributed by atoms with Gasteiger partial charge in [0.1, 0.15) is 35.1 Å². The van der Waals surface area contributed by atoms with Gasteiger partial charge in [-0.25, -0.2) is 14.2 Å². The fourth-order valence-corrected chi connectivity index (χ4v) is 7.28. The minimum atomic E-state index is -1.29. The first-order valence-corrected chi connectivity index (χ1v) is 17.8. The summed E-state index contributed by atoms with van der Waals surface area (Å²) in [6, 6.07) is 11.0. The van der Waals surface area contributed by atoms with E-state index in [-0.39, 0.29) is 24.1 Å². The van der Waals surface area contributed by atoms with E-state index in [1.165, 1.54) is 17.0 Å². The summed E-state index contributed by atoms with van der Waals surface area (Å²) in [5.74, 6) is -1.75. The van der Waals surface area contributed by atoms with Gasteiger partial charge in [-0.1, -0.05) is 54.5 Å². The molecule has 266 valence electrons. The molecular formula is C36H42FN5O7S. The number of allylic oxidation sites excluding steroid dienone is 1. The van der Waals surface area contributed by atoms with Crippen LogP contribution in [0.15, 0.2) is 60.7 Å². The lowest BCUT2D eigenvalue weighted by atomic mass is 10.0. The highest BCUT2D eigenvalue weighted by Gasteiger charge is 2.61. The zero-order valence-corrected chi connectivity index (χ0v) is 29.1. The first-order valence-electron chi connectivity index (χ1n) is 16.9. The Morgan fingerprint density at radius 3 is 2.68 bits per heavy atom. The summed E-state index contributed by atoms with van der Waals surface area (Å²) in [6.45, 7) is 5.23. The minimum Gasteiger partial charge on any atom is -0.465 e. The van der Waals surface area contributed by atoms with Crippen molar-refractivity contribution in [2.24, 2.45) is 5.92 Å². The lowest BCUT2D eigenvalue weighted by Gasteiger charge is -2.30. The van der Waals surface area contributed by atoms with E-state index in [1.807, 2.05) is 18.2 Å². The summed E-state index contributed by atoms with van der Waals surface area (Å²) in [5.41, 5.74) is 0.991. The quantitative estimate of drug-likeness (QED) is 0.235. The number of ether oxygens (including phenoxy) is 2. The van der Waals surface area contributed by atoms with E-state index in [1.54, 1.807) is 51.1 Å². The number of hydroxylamine groups is 1. The Balaban J connectivity index is 1.27. The predicted octanol–water partition coefficient (Wildman–Crippen LogP) is 5.18. The lowest BCUT2D eigenvalue weighted by Crippen LogP contribution is -2.58. The van der Waals surface area contributed by atoms with Gasteiger partial charge in [0, 0.05) is 12.3 Å². The normalized spacial score (nSPS) is 25.7. The number of carbonyl (C=O) groups excluding carboxylic acids is 4. The average Bonchev–Trinajstić information content (AvgIpc) is 3.37. The maximum atomic E-state index is 14.3. The van der Waals surface area contributed by atoms with Crippen molar-refractivity contribution in [3.8, 4) is 10.9 Å². The van der Waals surface area contributed by atoms with Gasteiger partial charge in [0.05, 0.1) is 16.8 Å². The van der Waals surface area contributed by atoms with Crippen LogP contribution in [0.3, 0.4) is 0 Å². The first-order chi connectivity index (χ1) is 23.9. The summed E-state index contributed by atoms with van der Waals surface area (Å²) in [6.07, 6.45) is 6.42. The second-order valence-electron chi connectivity index (χ2n) is 14.0. The Morgan fingerprint density at radius 2 is 1.90 bits per heavy atom. The Kier molecular flexibility index (Phi) is 10.3. The molecule has 14 heteroatoms. The van der Waals surface area contributed by atoms with Crippen LogP contribution in [0.4, 0.5) is 9.18 Å². The average molecular weight is 708 g/mol. The summed E-state index contributed by atoms with van der Waals surface area (Å²) in [4.78, 5) is 66.5. The van der Waals surface area contributed by atoms with Gasteiger partial charge in [-0.15, -0.1) is 0 Å². The molecule has 2 aromatic carbocycles. The number of benzene rings is 2. The van der Waals surface area contributed by atoms with Gasteiger partial charge in [0.2, 0.25) is 11.8 Å². The fraction of sp³-hybridized carbons (Fsp3) is 0.472. The minimum absolute atomic E-state index is 0.0212. The van der Waals surface area contributed by atoms with Crippen molar-refractivity contribution in [1.82, 2.24) is 26.0 Å². The number of thiazole rings is 1. The molecule has 0 radical (unpaired) electrons. The summed E-state index contributed by atoms with van der Waals surface area (Å²) >= 11 is 1.16. The van der Waals surface area contributed by atoms with Gasteiger partial charge >= 0.3 is 6.09 Å². The molecule has 5 atom stereocenters. The third-order valence-corrected chi connectivity index (χ3v) is 9.85. The second kappa shape index (κ2) is 14.6. The highest BCUT2D eigenvalue weighted by molar-refractivity contribution is 7.20. The van der Waals surface area contributed by atoms with Gasteiger partial charge in [-0.3, -0.25) is 14.4 Å². The summed E-state index contributed by atoms with van der Waals surface area (Å²) < 4.78 is 26.1. The Hall–Kier alpha value is -4.72. The SMILES string of the molecule is CC(C)(C)OC(=O)N[C@H]1CCCCCC=C[C@@H]2C[C@@]2(C(=O)NOc2ccccc2)NC(=O)[C@@H]2C[C@@H](Oc3nc4ccc(F)cc4s3)CN2C1=O. The standard InChI is InChI=1S/C36H42FN5O7S/c1-35(2,3)48-33(46)38-27-15-11-6-4-5-8-12-22-20-36(22,32(45)41-49-24-13-9-7-10-14-24)40-30(43)28-19-25(21-42(28)31(27)44)47-34-39-26-17-16-23(37)18-29(26)50-34/h7-10,12-14,16-18,22,25,27-28H,4-6,11,15,19-21H2,1-3H3,(H,38,46)(H,40,43)(H,41,45)/t22-,25-,27+,28+,36-/m1/s1. The molecule has 4 amide bonds. The highest BCUT2D eigenvalue weighted by Crippen LogP contribution is 2.45. The van der Waals surface area contributed by atoms with Gasteiger partial charge in [0.15, 0.2) is 5.75 Å². The Bertz CT molecular complexity index is 1760. The molecule has 1 aliphatic carbocycles. The van der Waals surface area contributed by atoms with E-state index in [0.717, 1.165) is 30.6 Å². The number of nitrogens with one attached hydrogen (secondary N) is 3. The lowest BCUT2D eigenvalue weighted by molar-refractivity contribution is -0.142. The predicted molar refractivity (Wildman–Crippen MR) is 184 cm³/mol.